The van der Waals surface area contributed by atoms with E-state index in [-0.39, 0.29) is 11.7 Å². The smallest absolute Gasteiger partial charge is 0.282 e. The Hall–Kier alpha value is -3.13. The number of hydrogen-bond acceptors (Lipinski definition) is 7. The number of anilines is 2. The summed E-state index contributed by atoms with van der Waals surface area (Å²) >= 11 is 1.44. The highest BCUT2D eigenvalue weighted by Gasteiger charge is 2.25. The number of rotatable bonds is 5. The van der Waals surface area contributed by atoms with Gasteiger partial charge in [-0.15, -0.1) is 11.3 Å². The second-order valence-corrected chi connectivity index (χ2v) is 8.35. The van der Waals surface area contributed by atoms with Gasteiger partial charge in [0.25, 0.3) is 5.91 Å². The van der Waals surface area contributed by atoms with E-state index >= 15 is 0 Å². The highest BCUT2D eigenvalue weighted by molar-refractivity contribution is 7.14. The van der Waals surface area contributed by atoms with E-state index in [2.05, 4.69) is 20.3 Å². The first-order valence-electron chi connectivity index (χ1n) is 9.34. The van der Waals surface area contributed by atoms with Crippen LogP contribution in [0.25, 0.3) is 11.4 Å². The Kier molecular flexibility index (Phi) is 5.10. The van der Waals surface area contributed by atoms with Gasteiger partial charge in [0.1, 0.15) is 11.5 Å². The topological polar surface area (TPSA) is 88.1 Å². The van der Waals surface area contributed by atoms with Crippen molar-refractivity contribution in [2.75, 3.05) is 19.4 Å². The molecule has 0 fully saturated rings. The molecule has 1 amide bonds. The third-order valence-corrected chi connectivity index (χ3v) is 5.74. The largest absolute Gasteiger partial charge is 0.343 e. The number of fused-ring (bicyclic) bond motifs is 3. The van der Waals surface area contributed by atoms with Crippen LogP contribution in [0, 0.1) is 0 Å². The average Bonchev–Trinajstić information content (AvgIpc) is 3.12. The van der Waals surface area contributed by atoms with Crippen LogP contribution >= 0.6 is 11.3 Å². The molecule has 1 aliphatic carbocycles. The molecule has 0 unspecified atom stereocenters. The van der Waals surface area contributed by atoms with Gasteiger partial charge in [-0.1, -0.05) is 12.1 Å². The molecule has 1 aliphatic rings. The summed E-state index contributed by atoms with van der Waals surface area (Å²) in [6.45, 7) is 1.58. The maximum Gasteiger partial charge on any atom is 0.282 e. The summed E-state index contributed by atoms with van der Waals surface area (Å²) in [5.41, 5.74) is 4.34. The SMILES string of the molecule is CC(=O)Cc1cccc(Nc2ncc3c(n2)-c2nc(C(=O)N(C)C)sc2CC3)c1. The van der Waals surface area contributed by atoms with Crippen molar-refractivity contribution in [3.8, 4) is 11.4 Å². The first-order chi connectivity index (χ1) is 13.9. The molecular weight excluding hydrogens is 386 g/mol. The van der Waals surface area contributed by atoms with E-state index in [1.165, 1.54) is 16.2 Å². The van der Waals surface area contributed by atoms with Gasteiger partial charge in [-0.2, -0.15) is 0 Å². The Morgan fingerprint density at radius 2 is 2.00 bits per heavy atom. The lowest BCUT2D eigenvalue weighted by molar-refractivity contribution is -0.116. The van der Waals surface area contributed by atoms with Gasteiger partial charge in [0, 0.05) is 37.3 Å². The van der Waals surface area contributed by atoms with E-state index in [0.29, 0.717) is 17.4 Å². The lowest BCUT2D eigenvalue weighted by Gasteiger charge is -2.15. The van der Waals surface area contributed by atoms with E-state index in [1.54, 1.807) is 21.0 Å². The van der Waals surface area contributed by atoms with Crippen LogP contribution in [-0.4, -0.2) is 45.6 Å². The second-order valence-electron chi connectivity index (χ2n) is 7.26. The number of benzene rings is 1. The fourth-order valence-corrected chi connectivity index (χ4v) is 4.35. The summed E-state index contributed by atoms with van der Waals surface area (Å²) < 4.78 is 0. The number of Topliss-reactive ketones (excluding diaryl/α,β-unsaturated/α-hetero) is 1. The van der Waals surface area contributed by atoms with Gasteiger partial charge < -0.3 is 10.2 Å². The number of nitrogens with one attached hydrogen (secondary N) is 1. The summed E-state index contributed by atoms with van der Waals surface area (Å²) in [5, 5.41) is 3.70. The molecule has 3 aromatic rings. The molecule has 0 saturated carbocycles. The molecule has 148 valence electrons. The van der Waals surface area contributed by atoms with E-state index in [9.17, 15) is 9.59 Å². The van der Waals surface area contributed by atoms with Gasteiger partial charge in [-0.3, -0.25) is 9.59 Å². The molecule has 2 heterocycles. The van der Waals surface area contributed by atoms with Crippen molar-refractivity contribution >= 4 is 34.7 Å². The Balaban J connectivity index is 1.64. The molecule has 0 aliphatic heterocycles. The fraction of sp³-hybridized carbons (Fsp3) is 0.286. The minimum atomic E-state index is -0.0966. The highest BCUT2D eigenvalue weighted by Crippen LogP contribution is 2.35. The minimum absolute atomic E-state index is 0.0966. The van der Waals surface area contributed by atoms with E-state index < -0.39 is 0 Å². The third-order valence-electron chi connectivity index (χ3n) is 4.63. The Morgan fingerprint density at radius 3 is 2.76 bits per heavy atom. The molecule has 7 nitrogen and oxygen atoms in total. The number of nitrogens with zero attached hydrogens (tertiary/aromatic N) is 4. The first kappa shape index (κ1) is 19.2. The van der Waals surface area contributed by atoms with Crippen molar-refractivity contribution in [2.24, 2.45) is 0 Å². The standard InChI is InChI=1S/C21H21N5O2S/c1-12(27)9-13-5-4-6-15(10-13)23-21-22-11-14-7-8-16-18(17(14)25-21)24-19(29-16)20(28)26(2)3/h4-6,10-11H,7-9H2,1-3H3,(H,22,23,25). The summed E-state index contributed by atoms with van der Waals surface area (Å²) in [4.78, 5) is 40.0. The molecule has 8 heteroatoms. The average molecular weight is 407 g/mol. The van der Waals surface area contributed by atoms with E-state index in [0.717, 1.165) is 45.9 Å². The second kappa shape index (κ2) is 7.71. The molecule has 0 bridgehead atoms. The quantitative estimate of drug-likeness (QED) is 0.698. The zero-order chi connectivity index (χ0) is 20.5. The number of carbonyl (C=O) groups excluding carboxylic acids is 2. The summed E-state index contributed by atoms with van der Waals surface area (Å²) in [6.07, 6.45) is 3.88. The number of aryl methyl sites for hydroxylation is 2. The predicted molar refractivity (Wildman–Crippen MR) is 113 cm³/mol. The maximum atomic E-state index is 12.3. The van der Waals surface area contributed by atoms with Crippen molar-refractivity contribution in [1.29, 1.82) is 0 Å². The van der Waals surface area contributed by atoms with Gasteiger partial charge in [-0.05, 0) is 43.0 Å². The maximum absolute atomic E-state index is 12.3. The van der Waals surface area contributed by atoms with E-state index in [4.69, 9.17) is 0 Å². The van der Waals surface area contributed by atoms with Crippen LogP contribution < -0.4 is 5.32 Å². The summed E-state index contributed by atoms with van der Waals surface area (Å²) in [7, 11) is 3.45. The van der Waals surface area contributed by atoms with Crippen LogP contribution in [0.1, 0.15) is 32.7 Å². The lowest BCUT2D eigenvalue weighted by Crippen LogP contribution is -2.21. The van der Waals surface area contributed by atoms with Crippen molar-refractivity contribution in [3.05, 3.63) is 51.5 Å². The number of aromatic nitrogens is 3. The predicted octanol–water partition coefficient (Wildman–Crippen LogP) is 3.28. The Labute approximate surface area is 172 Å². The molecular formula is C21H21N5O2S. The van der Waals surface area contributed by atoms with Crippen molar-refractivity contribution in [2.45, 2.75) is 26.2 Å². The monoisotopic (exact) mass is 407 g/mol. The summed E-state index contributed by atoms with van der Waals surface area (Å²) in [6, 6.07) is 7.66. The summed E-state index contributed by atoms with van der Waals surface area (Å²) in [5.74, 6) is 0.483. The molecule has 2 aromatic heterocycles. The van der Waals surface area contributed by atoms with Gasteiger partial charge in [0.15, 0.2) is 5.01 Å². The number of hydrogen-bond donors (Lipinski definition) is 1. The molecule has 29 heavy (non-hydrogen) atoms. The number of ketones is 1. The van der Waals surface area contributed by atoms with Crippen LogP contribution in [0.5, 0.6) is 0 Å². The molecule has 1 N–H and O–H groups in total. The van der Waals surface area contributed by atoms with Crippen LogP contribution in [-0.2, 0) is 24.1 Å². The van der Waals surface area contributed by atoms with Gasteiger partial charge in [-0.25, -0.2) is 15.0 Å². The molecule has 0 radical (unpaired) electrons. The Bertz CT molecular complexity index is 1110. The lowest BCUT2D eigenvalue weighted by atomic mass is 10.00. The minimum Gasteiger partial charge on any atom is -0.343 e. The number of carbonyl (C=O) groups is 2. The van der Waals surface area contributed by atoms with Gasteiger partial charge >= 0.3 is 0 Å². The van der Waals surface area contributed by atoms with Crippen LogP contribution in [0.15, 0.2) is 30.5 Å². The molecule has 1 aromatic carbocycles. The van der Waals surface area contributed by atoms with Crippen molar-refractivity contribution < 1.29 is 9.59 Å². The Morgan fingerprint density at radius 1 is 1.17 bits per heavy atom. The molecule has 0 atom stereocenters. The number of thiazole rings is 1. The van der Waals surface area contributed by atoms with Gasteiger partial charge in [0.2, 0.25) is 5.95 Å². The van der Waals surface area contributed by atoms with Crippen LogP contribution in [0.4, 0.5) is 11.6 Å². The molecule has 4 rings (SSSR count). The van der Waals surface area contributed by atoms with E-state index in [1.807, 2.05) is 30.5 Å². The first-order valence-corrected chi connectivity index (χ1v) is 10.2. The normalized spacial score (nSPS) is 12.1. The third kappa shape index (κ3) is 4.02. The van der Waals surface area contributed by atoms with Crippen molar-refractivity contribution in [3.63, 3.8) is 0 Å². The highest BCUT2D eigenvalue weighted by atomic mass is 32.1. The van der Waals surface area contributed by atoms with Crippen LogP contribution in [0.3, 0.4) is 0 Å². The fourth-order valence-electron chi connectivity index (χ4n) is 3.27. The zero-order valence-electron chi connectivity index (χ0n) is 16.5. The van der Waals surface area contributed by atoms with Crippen molar-refractivity contribution in [1.82, 2.24) is 19.9 Å². The zero-order valence-corrected chi connectivity index (χ0v) is 17.3. The molecule has 0 spiro atoms. The number of amides is 1. The van der Waals surface area contributed by atoms with Gasteiger partial charge in [0.05, 0.1) is 5.69 Å². The molecule has 0 saturated heterocycles. The van der Waals surface area contributed by atoms with Crippen LogP contribution in [0.2, 0.25) is 0 Å².